The van der Waals surface area contributed by atoms with Gasteiger partial charge in [-0.3, -0.25) is 4.90 Å². The van der Waals surface area contributed by atoms with Gasteiger partial charge in [-0.2, -0.15) is 0 Å². The van der Waals surface area contributed by atoms with Crippen molar-refractivity contribution >= 4 is 11.8 Å². The maximum atomic E-state index is 12.3. The SMILES string of the molecule is CC1CCCN1CCCOc1ccc(N2C(=O)OC[C@H]2CN2CCCCC2)cc1. The third-order valence-corrected chi connectivity index (χ3v) is 6.54. The van der Waals surface area contributed by atoms with Crippen LogP contribution in [0.25, 0.3) is 0 Å². The Balaban J connectivity index is 1.27. The van der Waals surface area contributed by atoms with Gasteiger partial charge in [-0.25, -0.2) is 4.79 Å². The number of anilines is 1. The molecule has 160 valence electrons. The molecule has 2 atom stereocenters. The molecule has 3 aliphatic rings. The highest BCUT2D eigenvalue weighted by Gasteiger charge is 2.35. The number of carbonyl (C=O) groups is 1. The number of carbonyl (C=O) groups excluding carboxylic acids is 1. The molecule has 0 aliphatic carbocycles. The van der Waals surface area contributed by atoms with Crippen molar-refractivity contribution in [2.75, 3.05) is 50.8 Å². The Labute approximate surface area is 174 Å². The van der Waals surface area contributed by atoms with Crippen LogP contribution in [0.3, 0.4) is 0 Å². The second-order valence-electron chi connectivity index (χ2n) is 8.69. The summed E-state index contributed by atoms with van der Waals surface area (Å²) in [6.07, 6.45) is 7.28. The molecule has 6 nitrogen and oxygen atoms in total. The first-order valence-electron chi connectivity index (χ1n) is 11.4. The Bertz CT molecular complexity index is 660. The first-order chi connectivity index (χ1) is 14.2. The third-order valence-electron chi connectivity index (χ3n) is 6.54. The lowest BCUT2D eigenvalue weighted by atomic mass is 10.1. The molecule has 29 heavy (non-hydrogen) atoms. The Morgan fingerprint density at radius 2 is 1.86 bits per heavy atom. The Morgan fingerprint density at radius 3 is 2.59 bits per heavy atom. The van der Waals surface area contributed by atoms with Crippen molar-refractivity contribution < 1.29 is 14.3 Å². The van der Waals surface area contributed by atoms with Crippen LogP contribution in [0, 0.1) is 0 Å². The maximum absolute atomic E-state index is 12.3. The fourth-order valence-electron chi connectivity index (χ4n) is 4.84. The van der Waals surface area contributed by atoms with Gasteiger partial charge >= 0.3 is 6.09 Å². The molecule has 3 heterocycles. The van der Waals surface area contributed by atoms with Crippen molar-refractivity contribution in [2.24, 2.45) is 0 Å². The van der Waals surface area contributed by atoms with E-state index in [2.05, 4.69) is 16.7 Å². The molecule has 3 saturated heterocycles. The van der Waals surface area contributed by atoms with Gasteiger partial charge in [0.05, 0.1) is 12.6 Å². The van der Waals surface area contributed by atoms with Crippen LogP contribution in [-0.4, -0.2) is 73.9 Å². The molecule has 0 spiro atoms. The van der Waals surface area contributed by atoms with E-state index >= 15 is 0 Å². The van der Waals surface area contributed by atoms with E-state index < -0.39 is 0 Å². The summed E-state index contributed by atoms with van der Waals surface area (Å²) in [7, 11) is 0. The predicted molar refractivity (Wildman–Crippen MR) is 115 cm³/mol. The number of hydrogen-bond donors (Lipinski definition) is 0. The Morgan fingerprint density at radius 1 is 1.07 bits per heavy atom. The van der Waals surface area contributed by atoms with Crippen LogP contribution in [0.2, 0.25) is 0 Å². The van der Waals surface area contributed by atoms with E-state index in [9.17, 15) is 4.79 Å². The van der Waals surface area contributed by atoms with E-state index in [1.807, 2.05) is 29.2 Å². The highest BCUT2D eigenvalue weighted by molar-refractivity contribution is 5.90. The minimum atomic E-state index is -0.236. The molecule has 1 unspecified atom stereocenters. The van der Waals surface area contributed by atoms with Crippen molar-refractivity contribution in [2.45, 2.75) is 57.5 Å². The first kappa shape index (κ1) is 20.5. The minimum Gasteiger partial charge on any atom is -0.494 e. The average Bonchev–Trinajstić information content (AvgIpc) is 3.32. The van der Waals surface area contributed by atoms with Crippen LogP contribution in [0.1, 0.15) is 45.4 Å². The predicted octanol–water partition coefficient (Wildman–Crippen LogP) is 3.75. The summed E-state index contributed by atoms with van der Waals surface area (Å²) in [5.74, 6) is 0.864. The van der Waals surface area contributed by atoms with Gasteiger partial charge in [0, 0.05) is 24.8 Å². The van der Waals surface area contributed by atoms with Gasteiger partial charge in [-0.05, 0) is 82.9 Å². The number of rotatable bonds is 8. The van der Waals surface area contributed by atoms with Crippen molar-refractivity contribution in [3.8, 4) is 5.75 Å². The van der Waals surface area contributed by atoms with Crippen LogP contribution >= 0.6 is 0 Å². The smallest absolute Gasteiger partial charge is 0.414 e. The zero-order chi connectivity index (χ0) is 20.1. The summed E-state index contributed by atoms with van der Waals surface area (Å²) >= 11 is 0. The van der Waals surface area contributed by atoms with Crippen LogP contribution in [0.15, 0.2) is 24.3 Å². The molecule has 3 fully saturated rings. The monoisotopic (exact) mass is 401 g/mol. The second kappa shape index (κ2) is 9.81. The number of benzene rings is 1. The molecule has 1 aromatic carbocycles. The molecule has 6 heteroatoms. The molecule has 0 N–H and O–H groups in total. The lowest BCUT2D eigenvalue weighted by Crippen LogP contribution is -2.44. The zero-order valence-electron chi connectivity index (χ0n) is 17.7. The molecule has 1 amide bonds. The quantitative estimate of drug-likeness (QED) is 0.621. The number of piperidine rings is 1. The molecular weight excluding hydrogens is 366 g/mol. The van der Waals surface area contributed by atoms with E-state index in [0.29, 0.717) is 12.6 Å². The highest BCUT2D eigenvalue weighted by atomic mass is 16.6. The van der Waals surface area contributed by atoms with E-state index in [4.69, 9.17) is 9.47 Å². The van der Waals surface area contributed by atoms with Crippen LogP contribution in [-0.2, 0) is 4.74 Å². The molecule has 1 aromatic rings. The van der Waals surface area contributed by atoms with Gasteiger partial charge in [-0.1, -0.05) is 6.42 Å². The molecule has 0 bridgehead atoms. The van der Waals surface area contributed by atoms with Crippen LogP contribution in [0.4, 0.5) is 10.5 Å². The summed E-state index contributed by atoms with van der Waals surface area (Å²) in [4.78, 5) is 19.1. The topological polar surface area (TPSA) is 45.3 Å². The van der Waals surface area contributed by atoms with Crippen molar-refractivity contribution in [3.63, 3.8) is 0 Å². The van der Waals surface area contributed by atoms with Gasteiger partial charge < -0.3 is 19.3 Å². The van der Waals surface area contributed by atoms with E-state index in [-0.39, 0.29) is 12.1 Å². The summed E-state index contributed by atoms with van der Waals surface area (Å²) in [6, 6.07) is 8.71. The van der Waals surface area contributed by atoms with Gasteiger partial charge in [0.15, 0.2) is 0 Å². The molecule has 4 rings (SSSR count). The van der Waals surface area contributed by atoms with E-state index in [1.165, 1.54) is 38.6 Å². The lowest BCUT2D eigenvalue weighted by Gasteiger charge is -2.31. The number of cyclic esters (lactones) is 1. The van der Waals surface area contributed by atoms with Crippen molar-refractivity contribution in [1.29, 1.82) is 0 Å². The summed E-state index contributed by atoms with van der Waals surface area (Å²) in [6.45, 7) is 8.99. The highest BCUT2D eigenvalue weighted by Crippen LogP contribution is 2.27. The lowest BCUT2D eigenvalue weighted by molar-refractivity contribution is 0.171. The largest absolute Gasteiger partial charge is 0.494 e. The molecule has 3 aliphatic heterocycles. The van der Waals surface area contributed by atoms with Crippen LogP contribution < -0.4 is 9.64 Å². The van der Waals surface area contributed by atoms with Gasteiger partial charge in [0.1, 0.15) is 12.4 Å². The number of hydrogen-bond acceptors (Lipinski definition) is 5. The third kappa shape index (κ3) is 5.23. The van der Waals surface area contributed by atoms with E-state index in [1.54, 1.807) is 0 Å². The molecular formula is C23H35N3O3. The van der Waals surface area contributed by atoms with Gasteiger partial charge in [0.25, 0.3) is 0 Å². The Hall–Kier alpha value is -1.79. The molecule has 0 radical (unpaired) electrons. The fraction of sp³-hybridized carbons (Fsp3) is 0.696. The number of amides is 1. The van der Waals surface area contributed by atoms with Gasteiger partial charge in [-0.15, -0.1) is 0 Å². The zero-order valence-corrected chi connectivity index (χ0v) is 17.7. The second-order valence-corrected chi connectivity index (χ2v) is 8.69. The van der Waals surface area contributed by atoms with E-state index in [0.717, 1.165) is 50.6 Å². The summed E-state index contributed by atoms with van der Waals surface area (Å²) in [5, 5.41) is 0. The standard InChI is InChI=1S/C23H35N3O3/c1-19-7-5-14-25(19)15-6-16-28-22-10-8-20(9-11-22)26-21(18-29-23(26)27)17-24-12-3-2-4-13-24/h8-11,19,21H,2-7,12-18H2,1H3/t19?,21-/m1/s1. The van der Waals surface area contributed by atoms with Gasteiger partial charge in [0.2, 0.25) is 0 Å². The molecule has 0 aromatic heterocycles. The first-order valence-corrected chi connectivity index (χ1v) is 11.4. The summed E-state index contributed by atoms with van der Waals surface area (Å²) < 4.78 is 11.3. The number of ether oxygens (including phenoxy) is 2. The average molecular weight is 402 g/mol. The van der Waals surface area contributed by atoms with Crippen molar-refractivity contribution in [1.82, 2.24) is 9.80 Å². The number of nitrogens with zero attached hydrogens (tertiary/aromatic N) is 3. The number of likely N-dealkylation sites (tertiary alicyclic amines) is 2. The minimum absolute atomic E-state index is 0.0924. The normalized spacial score (nSPS) is 26.1. The van der Waals surface area contributed by atoms with Crippen molar-refractivity contribution in [3.05, 3.63) is 24.3 Å². The summed E-state index contributed by atoms with van der Waals surface area (Å²) in [5.41, 5.74) is 0.896. The molecule has 0 saturated carbocycles. The Kier molecular flexibility index (Phi) is 6.93. The fourth-order valence-corrected chi connectivity index (χ4v) is 4.84. The maximum Gasteiger partial charge on any atom is 0.414 e. The van der Waals surface area contributed by atoms with Crippen LogP contribution in [0.5, 0.6) is 5.75 Å².